The number of esters is 1. The maximum absolute atomic E-state index is 11.3. The van der Waals surface area contributed by atoms with Gasteiger partial charge in [0.25, 0.3) is 0 Å². The zero-order chi connectivity index (χ0) is 12.5. The van der Waals surface area contributed by atoms with Crippen LogP contribution in [0.5, 0.6) is 0 Å². The lowest BCUT2D eigenvalue weighted by Crippen LogP contribution is -2.16. The molecule has 0 fully saturated rings. The normalized spacial score (nSPS) is 12.1. The number of ether oxygens (including phenoxy) is 2. The van der Waals surface area contributed by atoms with Gasteiger partial charge in [-0.05, 0) is 18.9 Å². The third-order valence-electron chi connectivity index (χ3n) is 2.50. The molecule has 0 aliphatic rings. The van der Waals surface area contributed by atoms with Crippen molar-refractivity contribution in [2.75, 3.05) is 13.2 Å². The van der Waals surface area contributed by atoms with Crippen molar-refractivity contribution in [3.8, 4) is 0 Å². The molecule has 0 aliphatic carbocycles. The molecule has 17 heavy (non-hydrogen) atoms. The van der Waals surface area contributed by atoms with Gasteiger partial charge in [0, 0.05) is 6.61 Å². The van der Waals surface area contributed by atoms with Crippen molar-refractivity contribution in [1.29, 1.82) is 0 Å². The first-order valence-electron chi connectivity index (χ1n) is 6.02. The molecule has 1 rings (SSSR count). The molecule has 0 saturated heterocycles. The van der Waals surface area contributed by atoms with Gasteiger partial charge in [-0.1, -0.05) is 37.3 Å². The largest absolute Gasteiger partial charge is 0.466 e. The Morgan fingerprint density at radius 3 is 2.65 bits per heavy atom. The highest BCUT2D eigenvalue weighted by molar-refractivity contribution is 5.71. The first kappa shape index (κ1) is 13.7. The van der Waals surface area contributed by atoms with Crippen LogP contribution >= 0.6 is 0 Å². The highest BCUT2D eigenvalue weighted by Gasteiger charge is 2.13. The van der Waals surface area contributed by atoms with E-state index in [1.807, 2.05) is 44.2 Å². The van der Waals surface area contributed by atoms with E-state index in [9.17, 15) is 4.79 Å². The molecule has 1 aromatic rings. The van der Waals surface area contributed by atoms with Crippen molar-refractivity contribution in [2.45, 2.75) is 26.9 Å². The molecule has 3 nitrogen and oxygen atoms in total. The second-order valence-electron chi connectivity index (χ2n) is 3.98. The lowest BCUT2D eigenvalue weighted by atomic mass is 10.1. The molecule has 0 N–H and O–H groups in total. The fourth-order valence-electron chi connectivity index (χ4n) is 1.43. The first-order valence-corrected chi connectivity index (χ1v) is 6.02. The Morgan fingerprint density at radius 2 is 2.00 bits per heavy atom. The van der Waals surface area contributed by atoms with Crippen molar-refractivity contribution >= 4 is 5.97 Å². The van der Waals surface area contributed by atoms with E-state index >= 15 is 0 Å². The predicted octanol–water partition coefficient (Wildman–Crippen LogP) is 2.79. The Balaban J connectivity index is 2.14. The summed E-state index contributed by atoms with van der Waals surface area (Å²) in [7, 11) is 0. The molecule has 0 spiro atoms. The summed E-state index contributed by atoms with van der Waals surface area (Å²) in [5, 5.41) is 0. The molecule has 0 amide bonds. The zero-order valence-corrected chi connectivity index (χ0v) is 10.5. The molecule has 0 aromatic heterocycles. The average molecular weight is 236 g/mol. The molecule has 3 heteroatoms. The average Bonchev–Trinajstić information content (AvgIpc) is 2.36. The number of rotatable bonds is 7. The van der Waals surface area contributed by atoms with Gasteiger partial charge in [0.05, 0.1) is 19.1 Å². The standard InChI is InChI=1S/C14H20O3/c1-3-17-14(15)12(2)9-10-16-11-13-7-5-4-6-8-13/h4-8,12H,3,9-11H2,1-2H3/t12-/m0/s1. The van der Waals surface area contributed by atoms with Crippen LogP contribution in [-0.2, 0) is 20.9 Å². The van der Waals surface area contributed by atoms with Gasteiger partial charge in [-0.2, -0.15) is 0 Å². The van der Waals surface area contributed by atoms with E-state index in [0.717, 1.165) is 5.56 Å². The fraction of sp³-hybridized carbons (Fsp3) is 0.500. The molecule has 94 valence electrons. The number of hydrogen-bond acceptors (Lipinski definition) is 3. The van der Waals surface area contributed by atoms with E-state index < -0.39 is 0 Å². The van der Waals surface area contributed by atoms with Crippen molar-refractivity contribution < 1.29 is 14.3 Å². The fourth-order valence-corrected chi connectivity index (χ4v) is 1.43. The quantitative estimate of drug-likeness (QED) is 0.539. The minimum atomic E-state index is -0.143. The van der Waals surface area contributed by atoms with Gasteiger partial charge >= 0.3 is 5.97 Å². The molecule has 1 atom stereocenters. The number of benzene rings is 1. The molecule has 1 aromatic carbocycles. The maximum atomic E-state index is 11.3. The summed E-state index contributed by atoms with van der Waals surface area (Å²) in [6, 6.07) is 10.00. The number of carbonyl (C=O) groups is 1. The Bertz CT molecular complexity index is 321. The number of carbonyl (C=O) groups excluding carboxylic acids is 1. The van der Waals surface area contributed by atoms with Crippen molar-refractivity contribution in [3.63, 3.8) is 0 Å². The minimum absolute atomic E-state index is 0.0919. The van der Waals surface area contributed by atoms with E-state index in [-0.39, 0.29) is 11.9 Å². The predicted molar refractivity (Wildman–Crippen MR) is 66.5 cm³/mol. The summed E-state index contributed by atoms with van der Waals surface area (Å²) in [6.45, 7) is 5.29. The van der Waals surface area contributed by atoms with E-state index in [1.54, 1.807) is 0 Å². The Hall–Kier alpha value is -1.35. The molecule has 0 unspecified atom stereocenters. The molecule has 0 bridgehead atoms. The highest BCUT2D eigenvalue weighted by Crippen LogP contribution is 2.06. The maximum Gasteiger partial charge on any atom is 0.308 e. The number of hydrogen-bond donors (Lipinski definition) is 0. The third kappa shape index (κ3) is 5.50. The first-order chi connectivity index (χ1) is 8.24. The van der Waals surface area contributed by atoms with Crippen LogP contribution < -0.4 is 0 Å². The van der Waals surface area contributed by atoms with Gasteiger partial charge in [0.15, 0.2) is 0 Å². The summed E-state index contributed by atoms with van der Waals surface area (Å²) in [4.78, 5) is 11.3. The SMILES string of the molecule is CCOC(=O)[C@@H](C)CCOCc1ccccc1. The van der Waals surface area contributed by atoms with Gasteiger partial charge in [0.2, 0.25) is 0 Å². The van der Waals surface area contributed by atoms with Crippen LogP contribution in [0.4, 0.5) is 0 Å². The third-order valence-corrected chi connectivity index (χ3v) is 2.50. The van der Waals surface area contributed by atoms with E-state index in [2.05, 4.69) is 0 Å². The van der Waals surface area contributed by atoms with Crippen LogP contribution in [0.1, 0.15) is 25.8 Å². The van der Waals surface area contributed by atoms with E-state index in [1.165, 1.54) is 0 Å². The smallest absolute Gasteiger partial charge is 0.308 e. The summed E-state index contributed by atoms with van der Waals surface area (Å²) in [6.07, 6.45) is 0.700. The van der Waals surface area contributed by atoms with Gasteiger partial charge in [0.1, 0.15) is 0 Å². The molecular weight excluding hydrogens is 216 g/mol. The summed E-state index contributed by atoms with van der Waals surface area (Å²) in [5.74, 6) is -0.235. The Labute approximate surface area is 103 Å². The molecule has 0 heterocycles. The van der Waals surface area contributed by atoms with Crippen molar-refractivity contribution in [3.05, 3.63) is 35.9 Å². The summed E-state index contributed by atoms with van der Waals surface area (Å²) >= 11 is 0. The van der Waals surface area contributed by atoms with Crippen LogP contribution in [0.15, 0.2) is 30.3 Å². The Morgan fingerprint density at radius 1 is 1.29 bits per heavy atom. The van der Waals surface area contributed by atoms with Gasteiger partial charge < -0.3 is 9.47 Å². The molecule has 0 radical (unpaired) electrons. The van der Waals surface area contributed by atoms with E-state index in [4.69, 9.17) is 9.47 Å². The van der Waals surface area contributed by atoms with E-state index in [0.29, 0.717) is 26.2 Å². The lowest BCUT2D eigenvalue weighted by Gasteiger charge is -2.10. The zero-order valence-electron chi connectivity index (χ0n) is 10.5. The summed E-state index contributed by atoms with van der Waals surface area (Å²) in [5.41, 5.74) is 1.15. The molecule has 0 aliphatic heterocycles. The molecular formula is C14H20O3. The van der Waals surface area contributed by atoms with Crippen LogP contribution in [-0.4, -0.2) is 19.2 Å². The van der Waals surface area contributed by atoms with Crippen LogP contribution in [0.3, 0.4) is 0 Å². The van der Waals surface area contributed by atoms with Gasteiger partial charge in [-0.3, -0.25) is 4.79 Å². The lowest BCUT2D eigenvalue weighted by molar-refractivity contribution is -0.148. The second kappa shape index (κ2) is 7.85. The minimum Gasteiger partial charge on any atom is -0.466 e. The Kier molecular flexibility index (Phi) is 6.33. The van der Waals surface area contributed by atoms with Crippen LogP contribution in [0, 0.1) is 5.92 Å². The molecule has 0 saturated carbocycles. The van der Waals surface area contributed by atoms with Crippen LogP contribution in [0.2, 0.25) is 0 Å². The highest BCUT2D eigenvalue weighted by atomic mass is 16.5. The second-order valence-corrected chi connectivity index (χ2v) is 3.98. The van der Waals surface area contributed by atoms with Crippen LogP contribution in [0.25, 0.3) is 0 Å². The van der Waals surface area contributed by atoms with Gasteiger partial charge in [-0.25, -0.2) is 0 Å². The topological polar surface area (TPSA) is 35.5 Å². The van der Waals surface area contributed by atoms with Crippen molar-refractivity contribution in [1.82, 2.24) is 0 Å². The van der Waals surface area contributed by atoms with Gasteiger partial charge in [-0.15, -0.1) is 0 Å². The summed E-state index contributed by atoms with van der Waals surface area (Å²) < 4.78 is 10.4. The van der Waals surface area contributed by atoms with Crippen molar-refractivity contribution in [2.24, 2.45) is 5.92 Å². The monoisotopic (exact) mass is 236 g/mol.